The van der Waals surface area contributed by atoms with Gasteiger partial charge in [-0.15, -0.1) is 0 Å². The molecular formula is C10H13BrN2O3. The monoisotopic (exact) mass is 288 g/mol. The van der Waals surface area contributed by atoms with E-state index in [1.54, 1.807) is 12.1 Å². The SMILES string of the molecule is NCC(O)CC(=O)Nc1cc(Br)ccc1O. The van der Waals surface area contributed by atoms with Gasteiger partial charge in [0.15, 0.2) is 0 Å². The zero-order valence-corrected chi connectivity index (χ0v) is 10.1. The van der Waals surface area contributed by atoms with Gasteiger partial charge in [0.1, 0.15) is 5.75 Å². The lowest BCUT2D eigenvalue weighted by molar-refractivity contribution is -0.117. The molecule has 5 N–H and O–H groups in total. The van der Waals surface area contributed by atoms with Crippen LogP contribution in [0.3, 0.4) is 0 Å². The van der Waals surface area contributed by atoms with Gasteiger partial charge >= 0.3 is 0 Å². The van der Waals surface area contributed by atoms with E-state index < -0.39 is 12.0 Å². The molecule has 1 unspecified atom stereocenters. The van der Waals surface area contributed by atoms with Crippen molar-refractivity contribution >= 4 is 27.5 Å². The Morgan fingerprint density at radius 2 is 2.25 bits per heavy atom. The predicted molar refractivity (Wildman–Crippen MR) is 64.1 cm³/mol. The number of aliphatic hydroxyl groups excluding tert-OH is 1. The maximum absolute atomic E-state index is 11.4. The van der Waals surface area contributed by atoms with E-state index in [1.807, 2.05) is 0 Å². The van der Waals surface area contributed by atoms with E-state index in [0.29, 0.717) is 5.69 Å². The first-order valence-electron chi connectivity index (χ1n) is 4.69. The van der Waals surface area contributed by atoms with Crippen LogP contribution in [0.1, 0.15) is 6.42 Å². The number of benzene rings is 1. The van der Waals surface area contributed by atoms with Crippen LogP contribution in [0.25, 0.3) is 0 Å². The van der Waals surface area contributed by atoms with Gasteiger partial charge in [-0.3, -0.25) is 4.79 Å². The van der Waals surface area contributed by atoms with Crippen molar-refractivity contribution in [3.63, 3.8) is 0 Å². The number of hydrogen-bond donors (Lipinski definition) is 4. The first-order chi connectivity index (χ1) is 7.52. The third kappa shape index (κ3) is 3.80. The quantitative estimate of drug-likeness (QED) is 0.617. The molecule has 5 nitrogen and oxygen atoms in total. The second kappa shape index (κ2) is 5.83. The number of carbonyl (C=O) groups is 1. The average Bonchev–Trinajstić information content (AvgIpc) is 2.23. The molecule has 0 aliphatic carbocycles. The first-order valence-corrected chi connectivity index (χ1v) is 5.48. The van der Waals surface area contributed by atoms with Crippen LogP contribution < -0.4 is 11.1 Å². The molecule has 0 saturated carbocycles. The number of amides is 1. The van der Waals surface area contributed by atoms with E-state index in [-0.39, 0.29) is 18.7 Å². The van der Waals surface area contributed by atoms with Crippen molar-refractivity contribution in [3.8, 4) is 5.75 Å². The fraction of sp³-hybridized carbons (Fsp3) is 0.300. The molecular weight excluding hydrogens is 276 g/mol. The molecule has 0 aliphatic heterocycles. The number of aliphatic hydroxyl groups is 1. The summed E-state index contributed by atoms with van der Waals surface area (Å²) in [6, 6.07) is 4.68. The number of hydrogen-bond acceptors (Lipinski definition) is 4. The highest BCUT2D eigenvalue weighted by Crippen LogP contribution is 2.26. The molecule has 0 spiro atoms. The van der Waals surface area contributed by atoms with Crippen molar-refractivity contribution in [2.24, 2.45) is 5.73 Å². The first kappa shape index (κ1) is 13.0. The Morgan fingerprint density at radius 3 is 2.88 bits per heavy atom. The maximum atomic E-state index is 11.4. The molecule has 1 rings (SSSR count). The number of carbonyl (C=O) groups excluding carboxylic acids is 1. The summed E-state index contributed by atoms with van der Waals surface area (Å²) in [5.74, 6) is -0.426. The van der Waals surface area contributed by atoms with Crippen molar-refractivity contribution in [1.29, 1.82) is 0 Å². The summed E-state index contributed by atoms with van der Waals surface area (Å²) in [5.41, 5.74) is 5.48. The Bertz CT molecular complexity index is 384. The lowest BCUT2D eigenvalue weighted by Crippen LogP contribution is -2.26. The standard InChI is InChI=1S/C10H13BrN2O3/c11-6-1-2-9(15)8(3-6)13-10(16)4-7(14)5-12/h1-3,7,14-15H,4-5,12H2,(H,13,16). The third-order valence-corrected chi connectivity index (χ3v) is 2.42. The lowest BCUT2D eigenvalue weighted by atomic mass is 10.2. The summed E-state index contributed by atoms with van der Waals surface area (Å²) in [4.78, 5) is 11.4. The average molecular weight is 289 g/mol. The second-order valence-electron chi connectivity index (χ2n) is 3.30. The highest BCUT2D eigenvalue weighted by atomic mass is 79.9. The van der Waals surface area contributed by atoms with Crippen LogP contribution in [-0.4, -0.2) is 28.8 Å². The Balaban J connectivity index is 2.65. The molecule has 0 fully saturated rings. The van der Waals surface area contributed by atoms with Crippen molar-refractivity contribution in [3.05, 3.63) is 22.7 Å². The maximum Gasteiger partial charge on any atom is 0.227 e. The molecule has 1 atom stereocenters. The number of aromatic hydroxyl groups is 1. The zero-order valence-electron chi connectivity index (χ0n) is 8.48. The van der Waals surface area contributed by atoms with Crippen molar-refractivity contribution < 1.29 is 15.0 Å². The fourth-order valence-corrected chi connectivity index (χ4v) is 1.47. The molecule has 0 aliphatic rings. The summed E-state index contributed by atoms with van der Waals surface area (Å²) >= 11 is 3.22. The van der Waals surface area contributed by atoms with Crippen molar-refractivity contribution in [2.75, 3.05) is 11.9 Å². The zero-order chi connectivity index (χ0) is 12.1. The minimum absolute atomic E-state index is 0.0257. The summed E-state index contributed by atoms with van der Waals surface area (Å²) in [7, 11) is 0. The third-order valence-electron chi connectivity index (χ3n) is 1.93. The lowest BCUT2D eigenvalue weighted by Gasteiger charge is -2.10. The Kier molecular flexibility index (Phi) is 4.72. The molecule has 1 aromatic carbocycles. The number of phenols is 1. The number of nitrogens with two attached hydrogens (primary N) is 1. The van der Waals surface area contributed by atoms with E-state index in [4.69, 9.17) is 5.73 Å². The largest absolute Gasteiger partial charge is 0.506 e. The fourth-order valence-electron chi connectivity index (χ4n) is 1.11. The number of anilines is 1. The van der Waals surface area contributed by atoms with Gasteiger partial charge in [0.2, 0.25) is 5.91 Å². The van der Waals surface area contributed by atoms with Gasteiger partial charge in [-0.2, -0.15) is 0 Å². The van der Waals surface area contributed by atoms with Gasteiger partial charge in [-0.1, -0.05) is 15.9 Å². The van der Waals surface area contributed by atoms with E-state index in [0.717, 1.165) is 4.47 Å². The van der Waals surface area contributed by atoms with Crippen LogP contribution in [0.4, 0.5) is 5.69 Å². The number of nitrogens with one attached hydrogen (secondary N) is 1. The highest BCUT2D eigenvalue weighted by Gasteiger charge is 2.11. The molecule has 0 bridgehead atoms. The van der Waals surface area contributed by atoms with Gasteiger partial charge in [-0.25, -0.2) is 0 Å². The summed E-state index contributed by atoms with van der Waals surface area (Å²) in [5, 5.41) is 21.1. The molecule has 6 heteroatoms. The van der Waals surface area contributed by atoms with Crippen LogP contribution in [0.15, 0.2) is 22.7 Å². The van der Waals surface area contributed by atoms with Gasteiger partial charge < -0.3 is 21.3 Å². The predicted octanol–water partition coefficient (Wildman–Crippen LogP) is 0.803. The van der Waals surface area contributed by atoms with Gasteiger partial charge in [0.25, 0.3) is 0 Å². The van der Waals surface area contributed by atoms with E-state index in [2.05, 4.69) is 21.2 Å². The minimum atomic E-state index is -0.866. The highest BCUT2D eigenvalue weighted by molar-refractivity contribution is 9.10. The van der Waals surface area contributed by atoms with Crippen LogP contribution in [-0.2, 0) is 4.79 Å². The topological polar surface area (TPSA) is 95.6 Å². The van der Waals surface area contributed by atoms with E-state index >= 15 is 0 Å². The molecule has 0 heterocycles. The molecule has 88 valence electrons. The summed E-state index contributed by atoms with van der Waals surface area (Å²) < 4.78 is 0.736. The molecule has 16 heavy (non-hydrogen) atoms. The molecule has 0 saturated heterocycles. The van der Waals surface area contributed by atoms with Crippen molar-refractivity contribution in [2.45, 2.75) is 12.5 Å². The van der Waals surface area contributed by atoms with Gasteiger partial charge in [-0.05, 0) is 18.2 Å². The number of halogens is 1. The molecule has 1 amide bonds. The Labute approximate surface area is 101 Å². The summed E-state index contributed by atoms with van der Waals surface area (Å²) in [6.07, 6.45) is -0.961. The molecule has 1 aromatic rings. The van der Waals surface area contributed by atoms with Gasteiger partial charge in [0, 0.05) is 11.0 Å². The molecule has 0 aromatic heterocycles. The number of rotatable bonds is 4. The normalized spacial score (nSPS) is 12.2. The smallest absolute Gasteiger partial charge is 0.227 e. The Morgan fingerprint density at radius 1 is 1.56 bits per heavy atom. The van der Waals surface area contributed by atoms with Crippen LogP contribution in [0.2, 0.25) is 0 Å². The van der Waals surface area contributed by atoms with E-state index in [9.17, 15) is 15.0 Å². The molecule has 0 radical (unpaired) electrons. The van der Waals surface area contributed by atoms with Crippen LogP contribution in [0, 0.1) is 0 Å². The van der Waals surface area contributed by atoms with Crippen LogP contribution >= 0.6 is 15.9 Å². The second-order valence-corrected chi connectivity index (χ2v) is 4.22. The van der Waals surface area contributed by atoms with Crippen molar-refractivity contribution in [1.82, 2.24) is 0 Å². The number of phenolic OH excluding ortho intramolecular Hbond substituents is 1. The van der Waals surface area contributed by atoms with Crippen LogP contribution in [0.5, 0.6) is 5.75 Å². The Hall–Kier alpha value is -1.11. The minimum Gasteiger partial charge on any atom is -0.506 e. The van der Waals surface area contributed by atoms with E-state index in [1.165, 1.54) is 6.07 Å². The summed E-state index contributed by atoms with van der Waals surface area (Å²) in [6.45, 7) is 0.0257. The van der Waals surface area contributed by atoms with Gasteiger partial charge in [0.05, 0.1) is 18.2 Å².